The topological polar surface area (TPSA) is 103 Å². The van der Waals surface area contributed by atoms with E-state index in [1.54, 1.807) is 11.7 Å². The van der Waals surface area contributed by atoms with Gasteiger partial charge < -0.3 is 5.32 Å². The minimum absolute atomic E-state index is 0.265. The molecule has 1 aliphatic rings. The molecule has 27 heavy (non-hydrogen) atoms. The van der Waals surface area contributed by atoms with Crippen molar-refractivity contribution in [2.24, 2.45) is 13.0 Å². The first-order valence-electron chi connectivity index (χ1n) is 9.16. The van der Waals surface area contributed by atoms with Gasteiger partial charge in [-0.2, -0.15) is 0 Å². The molecule has 1 fully saturated rings. The first-order chi connectivity index (χ1) is 13.1. The molecule has 0 saturated heterocycles. The zero-order chi connectivity index (χ0) is 18.8. The Morgan fingerprint density at radius 3 is 2.78 bits per heavy atom. The number of rotatable bonds is 5. The molecule has 1 amide bonds. The number of nitrogens with one attached hydrogen (secondary N) is 1. The van der Waals surface area contributed by atoms with Crippen molar-refractivity contribution in [1.29, 1.82) is 0 Å². The fourth-order valence-electron chi connectivity index (χ4n) is 3.58. The first kappa shape index (κ1) is 17.3. The zero-order valence-electron chi connectivity index (χ0n) is 15.5. The number of aryl methyl sites for hydroxylation is 1. The fraction of sp³-hybridized carbons (Fsp3) is 0.444. The molecular formula is C18H22N8O. The van der Waals surface area contributed by atoms with Gasteiger partial charge >= 0.3 is 0 Å². The molecule has 4 rings (SSSR count). The highest BCUT2D eigenvalue weighted by Crippen LogP contribution is 2.26. The highest BCUT2D eigenvalue weighted by Gasteiger charge is 2.21. The van der Waals surface area contributed by atoms with Crippen molar-refractivity contribution in [3.05, 3.63) is 35.7 Å². The summed E-state index contributed by atoms with van der Waals surface area (Å²) in [6, 6.07) is 7.40. The van der Waals surface area contributed by atoms with E-state index in [-0.39, 0.29) is 5.91 Å². The Morgan fingerprint density at radius 1 is 1.22 bits per heavy atom. The number of nitrogens with zero attached hydrogens (tertiary/aromatic N) is 7. The van der Waals surface area contributed by atoms with Gasteiger partial charge in [-0.05, 0) is 48.2 Å². The van der Waals surface area contributed by atoms with Gasteiger partial charge in [0, 0.05) is 24.8 Å². The highest BCUT2D eigenvalue weighted by atomic mass is 16.2. The van der Waals surface area contributed by atoms with Crippen LogP contribution in [0.25, 0.3) is 11.4 Å². The predicted octanol–water partition coefficient (Wildman–Crippen LogP) is 2.22. The molecule has 9 nitrogen and oxygen atoms in total. The predicted molar refractivity (Wildman–Crippen MR) is 98.9 cm³/mol. The van der Waals surface area contributed by atoms with Crippen LogP contribution in [0.4, 0.5) is 5.69 Å². The highest BCUT2D eigenvalue weighted by molar-refractivity contribution is 6.03. The second-order valence-corrected chi connectivity index (χ2v) is 7.02. The summed E-state index contributed by atoms with van der Waals surface area (Å²) in [7, 11) is 1.77. The lowest BCUT2D eigenvalue weighted by Gasteiger charge is -2.10. The molecule has 140 valence electrons. The lowest BCUT2D eigenvalue weighted by Crippen LogP contribution is -2.15. The Bertz CT molecular complexity index is 954. The Morgan fingerprint density at radius 2 is 2.04 bits per heavy atom. The number of aromatic nitrogens is 7. The van der Waals surface area contributed by atoms with Gasteiger partial charge in [0.15, 0.2) is 11.5 Å². The van der Waals surface area contributed by atoms with Crippen molar-refractivity contribution < 1.29 is 4.79 Å². The summed E-state index contributed by atoms with van der Waals surface area (Å²) in [5.74, 6) is 1.00. The first-order valence-corrected chi connectivity index (χ1v) is 9.16. The molecule has 0 atom stereocenters. The minimum atomic E-state index is -0.265. The molecule has 1 aliphatic carbocycles. The van der Waals surface area contributed by atoms with Crippen LogP contribution in [0.15, 0.2) is 24.3 Å². The normalized spacial score (nSPS) is 14.6. The van der Waals surface area contributed by atoms with Crippen LogP contribution in [0.1, 0.15) is 41.9 Å². The van der Waals surface area contributed by atoms with Crippen LogP contribution in [-0.4, -0.2) is 41.1 Å². The number of tetrazole rings is 1. The number of hydrogen-bond acceptors (Lipinski definition) is 6. The molecule has 0 spiro atoms. The maximum absolute atomic E-state index is 12.7. The van der Waals surface area contributed by atoms with Gasteiger partial charge in [0.1, 0.15) is 0 Å². The van der Waals surface area contributed by atoms with E-state index in [4.69, 9.17) is 0 Å². The Hall–Kier alpha value is -3.10. The second kappa shape index (κ2) is 7.26. The Kier molecular flexibility index (Phi) is 4.66. The molecular weight excluding hydrogens is 344 g/mol. The van der Waals surface area contributed by atoms with E-state index >= 15 is 0 Å². The lowest BCUT2D eigenvalue weighted by molar-refractivity contribution is 0.102. The summed E-state index contributed by atoms with van der Waals surface area (Å²) in [6.45, 7) is 2.73. The van der Waals surface area contributed by atoms with Gasteiger partial charge in [-0.15, -0.1) is 10.2 Å². The number of anilines is 1. The smallest absolute Gasteiger partial charge is 0.278 e. The molecule has 2 aromatic heterocycles. The molecule has 0 bridgehead atoms. The SMILES string of the molecule is Cc1c(C(=O)Nc2cccc(-c3nnnn3C)c2)nnn1CC1CCCC1. The van der Waals surface area contributed by atoms with Crippen LogP contribution in [0, 0.1) is 12.8 Å². The van der Waals surface area contributed by atoms with E-state index in [0.717, 1.165) is 17.8 Å². The van der Waals surface area contributed by atoms with Crippen LogP contribution in [-0.2, 0) is 13.6 Å². The summed E-state index contributed by atoms with van der Waals surface area (Å²) >= 11 is 0. The van der Waals surface area contributed by atoms with E-state index in [1.165, 1.54) is 25.7 Å². The van der Waals surface area contributed by atoms with E-state index in [0.29, 0.717) is 23.1 Å². The average molecular weight is 366 g/mol. The van der Waals surface area contributed by atoms with Crippen molar-refractivity contribution in [2.75, 3.05) is 5.32 Å². The van der Waals surface area contributed by atoms with E-state index in [1.807, 2.05) is 35.9 Å². The van der Waals surface area contributed by atoms with Crippen molar-refractivity contribution in [2.45, 2.75) is 39.2 Å². The van der Waals surface area contributed by atoms with Crippen LogP contribution in [0.5, 0.6) is 0 Å². The molecule has 9 heteroatoms. The Balaban J connectivity index is 1.49. The number of hydrogen-bond donors (Lipinski definition) is 1. The lowest BCUT2D eigenvalue weighted by atomic mass is 10.1. The molecule has 1 aromatic carbocycles. The van der Waals surface area contributed by atoms with Crippen LogP contribution in [0.3, 0.4) is 0 Å². The van der Waals surface area contributed by atoms with Gasteiger partial charge in [0.2, 0.25) is 0 Å². The van der Waals surface area contributed by atoms with Gasteiger partial charge in [-0.1, -0.05) is 30.2 Å². The molecule has 1 saturated carbocycles. The molecule has 0 aliphatic heterocycles. The molecule has 1 N–H and O–H groups in total. The van der Waals surface area contributed by atoms with Crippen molar-refractivity contribution in [3.63, 3.8) is 0 Å². The van der Waals surface area contributed by atoms with Crippen LogP contribution < -0.4 is 5.32 Å². The van der Waals surface area contributed by atoms with Gasteiger partial charge in [0.25, 0.3) is 5.91 Å². The summed E-state index contributed by atoms with van der Waals surface area (Å²) in [4.78, 5) is 12.7. The monoisotopic (exact) mass is 366 g/mol. The van der Waals surface area contributed by atoms with Crippen LogP contribution in [0.2, 0.25) is 0 Å². The minimum Gasteiger partial charge on any atom is -0.321 e. The molecule has 2 heterocycles. The van der Waals surface area contributed by atoms with Crippen molar-refractivity contribution in [1.82, 2.24) is 35.2 Å². The van der Waals surface area contributed by atoms with Crippen LogP contribution >= 0.6 is 0 Å². The fourth-order valence-corrected chi connectivity index (χ4v) is 3.58. The number of carbonyl (C=O) groups excluding carboxylic acids is 1. The van der Waals surface area contributed by atoms with Gasteiger partial charge in [-0.25, -0.2) is 9.36 Å². The maximum atomic E-state index is 12.7. The third-order valence-electron chi connectivity index (χ3n) is 5.10. The zero-order valence-corrected chi connectivity index (χ0v) is 15.5. The van der Waals surface area contributed by atoms with Crippen molar-refractivity contribution in [3.8, 4) is 11.4 Å². The second-order valence-electron chi connectivity index (χ2n) is 7.02. The van der Waals surface area contributed by atoms with Gasteiger partial charge in [0.05, 0.1) is 5.69 Å². The van der Waals surface area contributed by atoms with E-state index < -0.39 is 0 Å². The summed E-state index contributed by atoms with van der Waals surface area (Å²) < 4.78 is 3.44. The van der Waals surface area contributed by atoms with E-state index in [2.05, 4.69) is 31.2 Å². The van der Waals surface area contributed by atoms with Crippen molar-refractivity contribution >= 4 is 11.6 Å². The molecule has 0 unspecified atom stereocenters. The maximum Gasteiger partial charge on any atom is 0.278 e. The molecule has 0 radical (unpaired) electrons. The summed E-state index contributed by atoms with van der Waals surface area (Å²) in [6.07, 6.45) is 5.02. The number of amides is 1. The third kappa shape index (κ3) is 3.57. The summed E-state index contributed by atoms with van der Waals surface area (Å²) in [5.41, 5.74) is 2.64. The average Bonchev–Trinajstić information content (AvgIpc) is 3.39. The number of benzene rings is 1. The Labute approximate surface area is 156 Å². The third-order valence-corrected chi connectivity index (χ3v) is 5.10. The largest absolute Gasteiger partial charge is 0.321 e. The van der Waals surface area contributed by atoms with E-state index in [9.17, 15) is 4.79 Å². The molecule has 3 aromatic rings. The quantitative estimate of drug-likeness (QED) is 0.742. The standard InChI is InChI=1S/C18H22N8O/c1-12-16(20-23-26(12)11-13-6-3-4-7-13)18(27)19-15-9-5-8-14(10-15)17-21-22-24-25(17)2/h5,8-10,13H,3-4,6-7,11H2,1-2H3,(H,19,27). The number of carbonyl (C=O) groups is 1. The van der Waals surface area contributed by atoms with Gasteiger partial charge in [-0.3, -0.25) is 4.79 Å². The summed E-state index contributed by atoms with van der Waals surface area (Å²) in [5, 5.41) is 22.7.